The molecular formula is C12H16N4O3. The quantitative estimate of drug-likeness (QED) is 0.771. The molecule has 102 valence electrons. The molecule has 0 radical (unpaired) electrons. The Hall–Kier alpha value is -1.99. The molecule has 2 aromatic heterocycles. The maximum Gasteiger partial charge on any atom is 0.258 e. The highest BCUT2D eigenvalue weighted by Crippen LogP contribution is 2.21. The second kappa shape index (κ2) is 6.26. The van der Waals surface area contributed by atoms with Crippen LogP contribution in [0.2, 0.25) is 0 Å². The van der Waals surface area contributed by atoms with Gasteiger partial charge < -0.3 is 19.6 Å². The van der Waals surface area contributed by atoms with Crippen molar-refractivity contribution in [1.29, 1.82) is 0 Å². The topological polar surface area (TPSA) is 95.5 Å². The fourth-order valence-corrected chi connectivity index (χ4v) is 1.72. The molecule has 7 heteroatoms. The van der Waals surface area contributed by atoms with Gasteiger partial charge in [0, 0.05) is 24.8 Å². The molecule has 0 saturated heterocycles. The summed E-state index contributed by atoms with van der Waals surface area (Å²) in [4.78, 5) is 10.2. The van der Waals surface area contributed by atoms with Crippen molar-refractivity contribution in [2.45, 2.75) is 6.92 Å². The van der Waals surface area contributed by atoms with E-state index in [0.717, 1.165) is 5.56 Å². The molecule has 0 fully saturated rings. The number of hydrogen-bond acceptors (Lipinski definition) is 7. The van der Waals surface area contributed by atoms with Crippen molar-refractivity contribution in [1.82, 2.24) is 15.1 Å². The van der Waals surface area contributed by atoms with Gasteiger partial charge in [-0.3, -0.25) is 0 Å². The zero-order valence-corrected chi connectivity index (χ0v) is 10.7. The molecule has 2 aromatic rings. The van der Waals surface area contributed by atoms with Crippen LogP contribution in [0.25, 0.3) is 11.5 Å². The lowest BCUT2D eigenvalue weighted by molar-refractivity contribution is 0.280. The summed E-state index contributed by atoms with van der Waals surface area (Å²) in [6, 6.07) is 3.56. The van der Waals surface area contributed by atoms with Gasteiger partial charge in [-0.2, -0.15) is 4.98 Å². The molecule has 2 rings (SSSR count). The lowest BCUT2D eigenvalue weighted by atomic mass is 10.2. The van der Waals surface area contributed by atoms with Crippen molar-refractivity contribution in [3.63, 3.8) is 0 Å². The van der Waals surface area contributed by atoms with Gasteiger partial charge in [-0.05, 0) is 19.1 Å². The lowest BCUT2D eigenvalue weighted by Gasteiger charge is -2.21. The molecule has 7 nitrogen and oxygen atoms in total. The molecule has 2 heterocycles. The van der Waals surface area contributed by atoms with Crippen molar-refractivity contribution in [3.8, 4) is 11.5 Å². The molecule has 19 heavy (non-hydrogen) atoms. The molecule has 0 aromatic carbocycles. The first-order valence-electron chi connectivity index (χ1n) is 5.98. The molecular weight excluding hydrogens is 248 g/mol. The third kappa shape index (κ3) is 3.27. The molecule has 0 unspecified atom stereocenters. The Morgan fingerprint density at radius 2 is 2.00 bits per heavy atom. The second-order valence-corrected chi connectivity index (χ2v) is 3.98. The standard InChI is InChI=1S/C12H16N4O3/c1-9-14-12(19-15-9)10-2-3-13-11(8-10)16(4-6-17)5-7-18/h2-3,8,17-18H,4-7H2,1H3. The summed E-state index contributed by atoms with van der Waals surface area (Å²) in [5, 5.41) is 21.8. The summed E-state index contributed by atoms with van der Waals surface area (Å²) < 4.78 is 5.10. The summed E-state index contributed by atoms with van der Waals surface area (Å²) in [6.07, 6.45) is 1.63. The minimum atomic E-state index is -0.00836. The molecule has 0 saturated carbocycles. The van der Waals surface area contributed by atoms with Crippen molar-refractivity contribution in [2.75, 3.05) is 31.2 Å². The Morgan fingerprint density at radius 3 is 2.58 bits per heavy atom. The largest absolute Gasteiger partial charge is 0.395 e. The van der Waals surface area contributed by atoms with E-state index in [-0.39, 0.29) is 13.2 Å². The molecule has 0 aliphatic heterocycles. The Kier molecular flexibility index (Phi) is 4.43. The first kappa shape index (κ1) is 13.4. The minimum absolute atomic E-state index is 0.00836. The highest BCUT2D eigenvalue weighted by Gasteiger charge is 2.11. The van der Waals surface area contributed by atoms with Crippen LogP contribution in [0.3, 0.4) is 0 Å². The van der Waals surface area contributed by atoms with E-state index in [9.17, 15) is 0 Å². The first-order valence-corrected chi connectivity index (χ1v) is 5.98. The number of nitrogens with zero attached hydrogens (tertiary/aromatic N) is 4. The van der Waals surface area contributed by atoms with E-state index in [4.69, 9.17) is 14.7 Å². The second-order valence-electron chi connectivity index (χ2n) is 3.98. The molecule has 0 atom stereocenters. The summed E-state index contributed by atoms with van der Waals surface area (Å²) in [5.74, 6) is 1.64. The molecule has 0 spiro atoms. The van der Waals surface area contributed by atoms with Crippen molar-refractivity contribution >= 4 is 5.82 Å². The van der Waals surface area contributed by atoms with Crippen LogP contribution in [0.4, 0.5) is 5.82 Å². The predicted octanol–water partition coefficient (Wildman–Crippen LogP) is 0.231. The lowest BCUT2D eigenvalue weighted by Crippen LogP contribution is -2.30. The smallest absolute Gasteiger partial charge is 0.258 e. The third-order valence-electron chi connectivity index (χ3n) is 2.58. The van der Waals surface area contributed by atoms with Crippen LogP contribution in [0.1, 0.15) is 5.82 Å². The zero-order valence-electron chi connectivity index (χ0n) is 10.7. The number of aliphatic hydroxyl groups excluding tert-OH is 2. The van der Waals surface area contributed by atoms with Gasteiger partial charge in [0.15, 0.2) is 5.82 Å². The van der Waals surface area contributed by atoms with Gasteiger partial charge in [-0.25, -0.2) is 4.98 Å². The van der Waals surface area contributed by atoms with Crippen LogP contribution in [0, 0.1) is 6.92 Å². The fraction of sp³-hybridized carbons (Fsp3) is 0.417. The van der Waals surface area contributed by atoms with Crippen molar-refractivity contribution in [2.24, 2.45) is 0 Å². The highest BCUT2D eigenvalue weighted by molar-refractivity contribution is 5.58. The summed E-state index contributed by atoms with van der Waals surface area (Å²) in [5.41, 5.74) is 0.756. The average Bonchev–Trinajstić information content (AvgIpc) is 2.85. The van der Waals surface area contributed by atoms with E-state index in [1.54, 1.807) is 30.2 Å². The molecule has 0 bridgehead atoms. The van der Waals surface area contributed by atoms with E-state index in [1.165, 1.54) is 0 Å². The van der Waals surface area contributed by atoms with Gasteiger partial charge >= 0.3 is 0 Å². The van der Waals surface area contributed by atoms with Crippen molar-refractivity contribution in [3.05, 3.63) is 24.2 Å². The molecule has 0 aliphatic rings. The monoisotopic (exact) mass is 264 g/mol. The van der Waals surface area contributed by atoms with Gasteiger partial charge in [0.05, 0.1) is 13.2 Å². The number of pyridine rings is 1. The van der Waals surface area contributed by atoms with Gasteiger partial charge in [0.1, 0.15) is 5.82 Å². The van der Waals surface area contributed by atoms with E-state index >= 15 is 0 Å². The van der Waals surface area contributed by atoms with Crippen LogP contribution in [-0.2, 0) is 0 Å². The summed E-state index contributed by atoms with van der Waals surface area (Å²) >= 11 is 0. The number of aromatic nitrogens is 3. The van der Waals surface area contributed by atoms with Crippen LogP contribution in [0.5, 0.6) is 0 Å². The van der Waals surface area contributed by atoms with Crippen LogP contribution in [-0.4, -0.2) is 51.6 Å². The average molecular weight is 264 g/mol. The van der Waals surface area contributed by atoms with Gasteiger partial charge in [-0.1, -0.05) is 5.16 Å². The predicted molar refractivity (Wildman–Crippen MR) is 68.7 cm³/mol. The SMILES string of the molecule is Cc1noc(-c2ccnc(N(CCO)CCO)c2)n1. The van der Waals surface area contributed by atoms with E-state index < -0.39 is 0 Å². The third-order valence-corrected chi connectivity index (χ3v) is 2.58. The van der Waals surface area contributed by atoms with Gasteiger partial charge in [0.2, 0.25) is 0 Å². The maximum absolute atomic E-state index is 9.02. The molecule has 0 aliphatic carbocycles. The Bertz CT molecular complexity index is 523. The molecule has 2 N–H and O–H groups in total. The van der Waals surface area contributed by atoms with E-state index in [1.807, 2.05) is 0 Å². The van der Waals surface area contributed by atoms with Crippen LogP contribution < -0.4 is 4.90 Å². The van der Waals surface area contributed by atoms with E-state index in [0.29, 0.717) is 30.6 Å². The Morgan fingerprint density at radius 1 is 1.26 bits per heavy atom. The Labute approximate surface area is 110 Å². The Balaban J connectivity index is 2.27. The van der Waals surface area contributed by atoms with E-state index in [2.05, 4.69) is 15.1 Å². The first-order chi connectivity index (χ1) is 9.24. The number of hydrogen-bond donors (Lipinski definition) is 2. The maximum atomic E-state index is 9.02. The molecule has 0 amide bonds. The van der Waals surface area contributed by atoms with Gasteiger partial charge in [0.25, 0.3) is 5.89 Å². The summed E-state index contributed by atoms with van der Waals surface area (Å²) in [7, 11) is 0. The normalized spacial score (nSPS) is 10.7. The zero-order chi connectivity index (χ0) is 13.7. The van der Waals surface area contributed by atoms with Crippen LogP contribution in [0.15, 0.2) is 22.9 Å². The van der Waals surface area contributed by atoms with Crippen LogP contribution >= 0.6 is 0 Å². The van der Waals surface area contributed by atoms with Gasteiger partial charge in [-0.15, -0.1) is 0 Å². The number of rotatable bonds is 6. The minimum Gasteiger partial charge on any atom is -0.395 e. The highest BCUT2D eigenvalue weighted by atomic mass is 16.5. The number of aliphatic hydroxyl groups is 2. The van der Waals surface area contributed by atoms with Crippen molar-refractivity contribution < 1.29 is 14.7 Å². The number of anilines is 1. The fourth-order valence-electron chi connectivity index (χ4n) is 1.72. The summed E-state index contributed by atoms with van der Waals surface area (Å²) in [6.45, 7) is 2.54. The number of aryl methyl sites for hydroxylation is 1.